The molecule has 26 heavy (non-hydrogen) atoms. The van der Waals surface area contributed by atoms with Gasteiger partial charge in [-0.25, -0.2) is 0 Å². The van der Waals surface area contributed by atoms with Crippen LogP contribution in [0.5, 0.6) is 23.0 Å². The lowest BCUT2D eigenvalue weighted by Gasteiger charge is -2.29. The molecule has 1 unspecified atom stereocenters. The number of benzene rings is 2. The maximum atomic E-state index is 5.72. The van der Waals surface area contributed by atoms with Crippen molar-refractivity contribution < 1.29 is 18.9 Å². The van der Waals surface area contributed by atoms with Gasteiger partial charge >= 0.3 is 0 Å². The predicted molar refractivity (Wildman–Crippen MR) is 105 cm³/mol. The summed E-state index contributed by atoms with van der Waals surface area (Å²) in [5.74, 6) is 3.02. The second-order valence-corrected chi connectivity index (χ2v) is 5.89. The van der Waals surface area contributed by atoms with Gasteiger partial charge in [-0.1, -0.05) is 6.07 Å². The van der Waals surface area contributed by atoms with Gasteiger partial charge in [-0.15, -0.1) is 12.4 Å². The van der Waals surface area contributed by atoms with E-state index in [0.717, 1.165) is 41.5 Å². The third kappa shape index (κ3) is 3.84. The molecule has 0 bridgehead atoms. The fourth-order valence-corrected chi connectivity index (χ4v) is 3.32. The number of ether oxygens (including phenoxy) is 4. The summed E-state index contributed by atoms with van der Waals surface area (Å²) in [5.41, 5.74) is 3.62. The summed E-state index contributed by atoms with van der Waals surface area (Å²) >= 11 is 0. The minimum atomic E-state index is 0. The van der Waals surface area contributed by atoms with Crippen LogP contribution in [0.2, 0.25) is 0 Å². The topological polar surface area (TPSA) is 49.0 Å². The Hall–Kier alpha value is -2.11. The first-order chi connectivity index (χ1) is 12.2. The van der Waals surface area contributed by atoms with Crippen LogP contribution in [0.4, 0.5) is 0 Å². The molecule has 1 atom stereocenters. The van der Waals surface area contributed by atoms with E-state index in [0.29, 0.717) is 6.61 Å². The SMILES string of the molecule is CCOc1cc2c(cc1OC)C(c1ccc(OC)c(OC)c1)NCC2.Cl. The molecule has 1 N–H and O–H groups in total. The van der Waals surface area contributed by atoms with E-state index >= 15 is 0 Å². The zero-order valence-electron chi connectivity index (χ0n) is 15.6. The van der Waals surface area contributed by atoms with Crippen molar-refractivity contribution in [3.05, 3.63) is 47.0 Å². The van der Waals surface area contributed by atoms with E-state index in [4.69, 9.17) is 18.9 Å². The average Bonchev–Trinajstić information content (AvgIpc) is 2.66. The van der Waals surface area contributed by atoms with Crippen LogP contribution in [-0.4, -0.2) is 34.5 Å². The molecule has 0 saturated heterocycles. The van der Waals surface area contributed by atoms with Crippen LogP contribution in [0, 0.1) is 0 Å². The highest BCUT2D eigenvalue weighted by Gasteiger charge is 2.25. The maximum Gasteiger partial charge on any atom is 0.161 e. The Labute approximate surface area is 161 Å². The van der Waals surface area contributed by atoms with E-state index < -0.39 is 0 Å². The van der Waals surface area contributed by atoms with E-state index in [9.17, 15) is 0 Å². The molecule has 6 heteroatoms. The number of halogens is 1. The third-order valence-corrected chi connectivity index (χ3v) is 4.52. The fourth-order valence-electron chi connectivity index (χ4n) is 3.32. The monoisotopic (exact) mass is 379 g/mol. The van der Waals surface area contributed by atoms with Gasteiger partial charge in [0.05, 0.1) is 34.0 Å². The Kier molecular flexibility index (Phi) is 7.00. The van der Waals surface area contributed by atoms with Crippen LogP contribution in [0.25, 0.3) is 0 Å². The Bertz CT molecular complexity index is 751. The van der Waals surface area contributed by atoms with Crippen molar-refractivity contribution in [3.8, 4) is 23.0 Å². The van der Waals surface area contributed by atoms with Gasteiger partial charge in [0, 0.05) is 6.54 Å². The van der Waals surface area contributed by atoms with Gasteiger partial charge in [0.2, 0.25) is 0 Å². The summed E-state index contributed by atoms with van der Waals surface area (Å²) in [5, 5.41) is 3.59. The molecule has 1 heterocycles. The molecule has 0 amide bonds. The van der Waals surface area contributed by atoms with E-state index in [1.54, 1.807) is 21.3 Å². The number of nitrogens with one attached hydrogen (secondary N) is 1. The minimum absolute atomic E-state index is 0. The highest BCUT2D eigenvalue weighted by Crippen LogP contribution is 2.39. The van der Waals surface area contributed by atoms with Crippen molar-refractivity contribution in [2.24, 2.45) is 0 Å². The summed E-state index contributed by atoms with van der Waals surface area (Å²) in [6.07, 6.45) is 0.961. The van der Waals surface area contributed by atoms with Crippen LogP contribution >= 0.6 is 12.4 Å². The molecule has 0 radical (unpaired) electrons. The summed E-state index contributed by atoms with van der Waals surface area (Å²) in [4.78, 5) is 0. The van der Waals surface area contributed by atoms with Gasteiger partial charge in [-0.2, -0.15) is 0 Å². The molecule has 142 valence electrons. The average molecular weight is 380 g/mol. The van der Waals surface area contributed by atoms with Crippen LogP contribution in [0.15, 0.2) is 30.3 Å². The van der Waals surface area contributed by atoms with Gasteiger partial charge in [0.25, 0.3) is 0 Å². The van der Waals surface area contributed by atoms with Crippen molar-refractivity contribution in [1.82, 2.24) is 5.32 Å². The molecule has 2 aromatic rings. The second-order valence-electron chi connectivity index (χ2n) is 5.89. The highest BCUT2D eigenvalue weighted by atomic mass is 35.5. The molecule has 5 nitrogen and oxygen atoms in total. The molecule has 3 rings (SSSR count). The molecule has 1 aliphatic rings. The zero-order chi connectivity index (χ0) is 17.8. The van der Waals surface area contributed by atoms with Gasteiger partial charge < -0.3 is 24.3 Å². The Morgan fingerprint density at radius 3 is 2.27 bits per heavy atom. The van der Waals surface area contributed by atoms with Crippen molar-refractivity contribution in [2.75, 3.05) is 34.5 Å². The van der Waals surface area contributed by atoms with E-state index in [-0.39, 0.29) is 18.4 Å². The molecular formula is C20H26ClNO4. The van der Waals surface area contributed by atoms with Crippen LogP contribution in [0.3, 0.4) is 0 Å². The van der Waals surface area contributed by atoms with Gasteiger partial charge in [0.1, 0.15) is 0 Å². The molecule has 1 aliphatic heterocycles. The number of methoxy groups -OCH3 is 3. The van der Waals surface area contributed by atoms with Crippen molar-refractivity contribution in [1.29, 1.82) is 0 Å². The Morgan fingerprint density at radius 2 is 1.62 bits per heavy atom. The smallest absolute Gasteiger partial charge is 0.161 e. The number of hydrogen-bond donors (Lipinski definition) is 1. The lowest BCUT2D eigenvalue weighted by atomic mass is 9.89. The van der Waals surface area contributed by atoms with Crippen molar-refractivity contribution in [3.63, 3.8) is 0 Å². The summed E-state index contributed by atoms with van der Waals surface area (Å²) in [6, 6.07) is 10.3. The van der Waals surface area contributed by atoms with Crippen LogP contribution in [0.1, 0.15) is 29.7 Å². The first kappa shape index (κ1) is 20.2. The second kappa shape index (κ2) is 9.01. The molecule has 0 aliphatic carbocycles. The van der Waals surface area contributed by atoms with Gasteiger partial charge in [-0.3, -0.25) is 0 Å². The molecule has 0 fully saturated rings. The largest absolute Gasteiger partial charge is 0.493 e. The Balaban J connectivity index is 0.00000243. The molecular weight excluding hydrogens is 354 g/mol. The summed E-state index contributed by atoms with van der Waals surface area (Å²) < 4.78 is 22.1. The quantitative estimate of drug-likeness (QED) is 0.827. The molecule has 0 spiro atoms. The number of rotatable bonds is 6. The fraction of sp³-hybridized carbons (Fsp3) is 0.400. The normalized spacial score (nSPS) is 15.5. The first-order valence-electron chi connectivity index (χ1n) is 8.50. The van der Waals surface area contributed by atoms with Gasteiger partial charge in [-0.05, 0) is 54.3 Å². The lowest BCUT2D eigenvalue weighted by molar-refractivity contribution is 0.309. The minimum Gasteiger partial charge on any atom is -0.493 e. The number of fused-ring (bicyclic) bond motifs is 1. The number of hydrogen-bond acceptors (Lipinski definition) is 5. The van der Waals surface area contributed by atoms with E-state index in [1.165, 1.54) is 11.1 Å². The van der Waals surface area contributed by atoms with Crippen LogP contribution in [-0.2, 0) is 6.42 Å². The standard InChI is InChI=1S/C20H25NO4.ClH/c1-5-25-19-10-13-8-9-21-20(15(13)12-18(19)24-4)14-6-7-16(22-2)17(11-14)23-3;/h6-7,10-12,20-21H,5,8-9H2,1-4H3;1H. The van der Waals surface area contributed by atoms with Crippen molar-refractivity contribution >= 4 is 12.4 Å². The third-order valence-electron chi connectivity index (χ3n) is 4.52. The molecule has 0 aromatic heterocycles. The summed E-state index contributed by atoms with van der Waals surface area (Å²) in [6.45, 7) is 3.50. The first-order valence-corrected chi connectivity index (χ1v) is 8.50. The van der Waals surface area contributed by atoms with E-state index in [1.807, 2.05) is 19.1 Å². The van der Waals surface area contributed by atoms with Crippen molar-refractivity contribution in [2.45, 2.75) is 19.4 Å². The molecule has 0 saturated carbocycles. The van der Waals surface area contributed by atoms with Gasteiger partial charge in [0.15, 0.2) is 23.0 Å². The summed E-state index contributed by atoms with van der Waals surface area (Å²) in [7, 11) is 4.97. The zero-order valence-corrected chi connectivity index (χ0v) is 16.4. The van der Waals surface area contributed by atoms with E-state index in [2.05, 4.69) is 23.5 Å². The van der Waals surface area contributed by atoms with Crippen LogP contribution < -0.4 is 24.3 Å². The predicted octanol–water partition coefficient (Wildman–Crippen LogP) is 3.77. The highest BCUT2D eigenvalue weighted by molar-refractivity contribution is 5.85. The Morgan fingerprint density at radius 1 is 0.923 bits per heavy atom. The lowest BCUT2D eigenvalue weighted by Crippen LogP contribution is -2.30. The maximum absolute atomic E-state index is 5.72. The molecule has 2 aromatic carbocycles.